The number of piperidine rings is 1. The fourth-order valence-electron chi connectivity index (χ4n) is 2.76. The van der Waals surface area contributed by atoms with Crippen molar-refractivity contribution in [3.8, 4) is 0 Å². The highest BCUT2D eigenvalue weighted by Gasteiger charge is 2.38. The van der Waals surface area contributed by atoms with Gasteiger partial charge in [0.1, 0.15) is 5.60 Å². The van der Waals surface area contributed by atoms with Crippen LogP contribution in [0.2, 0.25) is 0 Å². The van der Waals surface area contributed by atoms with Crippen LogP contribution in [-0.2, 0) is 4.74 Å². The molecule has 0 radical (unpaired) electrons. The van der Waals surface area contributed by atoms with Crippen LogP contribution in [0.5, 0.6) is 0 Å². The van der Waals surface area contributed by atoms with Gasteiger partial charge < -0.3 is 15.4 Å². The second-order valence-corrected chi connectivity index (χ2v) is 6.59. The predicted molar refractivity (Wildman–Crippen MR) is 73.6 cm³/mol. The molecular formula is C14H26F2N2O2. The molecule has 0 aliphatic carbocycles. The molecule has 0 spiro atoms. The molecule has 3 atom stereocenters. The van der Waals surface area contributed by atoms with Gasteiger partial charge in [0.25, 0.3) is 0 Å². The van der Waals surface area contributed by atoms with E-state index >= 15 is 0 Å². The van der Waals surface area contributed by atoms with Gasteiger partial charge in [-0.3, -0.25) is 0 Å². The zero-order chi connectivity index (χ0) is 15.5. The van der Waals surface area contributed by atoms with Gasteiger partial charge in [0.15, 0.2) is 0 Å². The van der Waals surface area contributed by atoms with E-state index in [9.17, 15) is 13.6 Å². The van der Waals surface area contributed by atoms with Gasteiger partial charge in [-0.1, -0.05) is 6.92 Å². The van der Waals surface area contributed by atoms with Gasteiger partial charge in [0.2, 0.25) is 6.43 Å². The number of halogens is 2. The van der Waals surface area contributed by atoms with Crippen LogP contribution in [0.4, 0.5) is 13.6 Å². The van der Waals surface area contributed by atoms with Crippen molar-refractivity contribution in [3.05, 3.63) is 0 Å². The number of nitrogens with zero attached hydrogens (tertiary/aromatic N) is 1. The Labute approximate surface area is 119 Å². The van der Waals surface area contributed by atoms with Gasteiger partial charge in [-0.15, -0.1) is 0 Å². The molecule has 0 aromatic carbocycles. The molecule has 1 fully saturated rings. The van der Waals surface area contributed by atoms with E-state index in [1.165, 1.54) is 0 Å². The molecule has 118 valence electrons. The molecule has 0 bridgehead atoms. The van der Waals surface area contributed by atoms with E-state index in [1.54, 1.807) is 4.90 Å². The van der Waals surface area contributed by atoms with Gasteiger partial charge in [-0.25, -0.2) is 13.6 Å². The number of carbonyl (C=O) groups is 1. The number of likely N-dealkylation sites (tertiary alicyclic amines) is 1. The van der Waals surface area contributed by atoms with Crippen molar-refractivity contribution in [1.82, 2.24) is 4.90 Å². The molecule has 0 aromatic rings. The van der Waals surface area contributed by atoms with Gasteiger partial charge in [0, 0.05) is 25.6 Å². The number of amides is 1. The molecule has 1 amide bonds. The Morgan fingerprint density at radius 1 is 1.45 bits per heavy atom. The minimum absolute atomic E-state index is 0.00109. The molecule has 3 unspecified atom stereocenters. The number of nitrogens with two attached hydrogens (primary N) is 1. The second-order valence-electron chi connectivity index (χ2n) is 6.59. The summed E-state index contributed by atoms with van der Waals surface area (Å²) in [6.45, 7) is 8.20. The van der Waals surface area contributed by atoms with E-state index < -0.39 is 17.9 Å². The topological polar surface area (TPSA) is 55.6 Å². The van der Waals surface area contributed by atoms with Gasteiger partial charge in [0.05, 0.1) is 0 Å². The highest BCUT2D eigenvalue weighted by atomic mass is 19.3. The maximum Gasteiger partial charge on any atom is 0.410 e. The first-order valence-corrected chi connectivity index (χ1v) is 7.12. The first-order chi connectivity index (χ1) is 9.15. The van der Waals surface area contributed by atoms with E-state index in [0.717, 1.165) is 0 Å². The number of rotatable bonds is 3. The molecule has 20 heavy (non-hydrogen) atoms. The number of ether oxygens (including phenoxy) is 1. The predicted octanol–water partition coefficient (Wildman–Crippen LogP) is 2.72. The molecule has 1 aliphatic heterocycles. The first kappa shape index (κ1) is 17.1. The summed E-state index contributed by atoms with van der Waals surface area (Å²) < 4.78 is 31.2. The van der Waals surface area contributed by atoms with Crippen LogP contribution in [0.3, 0.4) is 0 Å². The van der Waals surface area contributed by atoms with Gasteiger partial charge >= 0.3 is 6.09 Å². The quantitative estimate of drug-likeness (QED) is 0.870. The van der Waals surface area contributed by atoms with E-state index in [4.69, 9.17) is 10.5 Å². The number of hydrogen-bond donors (Lipinski definition) is 1. The lowest BCUT2D eigenvalue weighted by Gasteiger charge is -2.40. The van der Waals surface area contributed by atoms with E-state index in [2.05, 4.69) is 0 Å². The largest absolute Gasteiger partial charge is 0.444 e. The van der Waals surface area contributed by atoms with E-state index in [-0.39, 0.29) is 24.5 Å². The molecular weight excluding hydrogens is 266 g/mol. The highest BCUT2D eigenvalue weighted by molar-refractivity contribution is 5.68. The second kappa shape index (κ2) is 6.70. The van der Waals surface area contributed by atoms with Crippen molar-refractivity contribution >= 4 is 6.09 Å². The molecule has 1 heterocycles. The number of carbonyl (C=O) groups excluding carboxylic acids is 1. The van der Waals surface area contributed by atoms with Crippen molar-refractivity contribution in [2.45, 2.75) is 46.1 Å². The van der Waals surface area contributed by atoms with Crippen molar-refractivity contribution in [3.63, 3.8) is 0 Å². The SMILES string of the molecule is CC1CN(C(=O)OC(C)(C)C)CCC1C(CN)C(F)F. The van der Waals surface area contributed by atoms with Crippen LogP contribution in [0.25, 0.3) is 0 Å². The highest BCUT2D eigenvalue weighted by Crippen LogP contribution is 2.33. The standard InChI is InChI=1S/C14H26F2N2O2/c1-9-8-18(13(19)20-14(2,3)4)6-5-10(9)11(7-17)12(15)16/h9-12H,5-8,17H2,1-4H3. The maximum atomic E-state index is 13.0. The smallest absolute Gasteiger partial charge is 0.410 e. The zero-order valence-electron chi connectivity index (χ0n) is 12.7. The Hall–Kier alpha value is -0.910. The summed E-state index contributed by atoms with van der Waals surface area (Å²) in [6, 6.07) is 0. The maximum absolute atomic E-state index is 13.0. The van der Waals surface area contributed by atoms with Crippen molar-refractivity contribution in [1.29, 1.82) is 0 Å². The number of alkyl halides is 2. The summed E-state index contributed by atoms with van der Waals surface area (Å²) in [5.41, 5.74) is 4.92. The molecule has 2 N–H and O–H groups in total. The Morgan fingerprint density at radius 2 is 2.05 bits per heavy atom. The molecule has 1 saturated heterocycles. The molecule has 4 nitrogen and oxygen atoms in total. The summed E-state index contributed by atoms with van der Waals surface area (Å²) in [6.07, 6.45) is -2.23. The van der Waals surface area contributed by atoms with Crippen LogP contribution in [-0.4, -0.2) is 42.7 Å². The van der Waals surface area contributed by atoms with Crippen LogP contribution in [0.15, 0.2) is 0 Å². The van der Waals surface area contributed by atoms with Crippen molar-refractivity contribution in [2.75, 3.05) is 19.6 Å². The Balaban J connectivity index is 2.61. The summed E-state index contributed by atoms with van der Waals surface area (Å²) in [5.74, 6) is -0.928. The summed E-state index contributed by atoms with van der Waals surface area (Å²) in [4.78, 5) is 13.6. The summed E-state index contributed by atoms with van der Waals surface area (Å²) >= 11 is 0. The molecule has 6 heteroatoms. The molecule has 1 rings (SSSR count). The number of hydrogen-bond acceptors (Lipinski definition) is 3. The van der Waals surface area contributed by atoms with Crippen LogP contribution in [0.1, 0.15) is 34.1 Å². The van der Waals surface area contributed by atoms with Gasteiger partial charge in [-0.05, 0) is 39.0 Å². The zero-order valence-corrected chi connectivity index (χ0v) is 12.7. The first-order valence-electron chi connectivity index (χ1n) is 7.12. The Kier molecular flexibility index (Phi) is 5.74. The van der Waals surface area contributed by atoms with Crippen LogP contribution < -0.4 is 5.73 Å². The van der Waals surface area contributed by atoms with Crippen LogP contribution in [0, 0.1) is 17.8 Å². The minimum atomic E-state index is -2.40. The summed E-state index contributed by atoms with van der Waals surface area (Å²) in [7, 11) is 0. The van der Waals surface area contributed by atoms with Crippen molar-refractivity contribution in [2.24, 2.45) is 23.5 Å². The molecule has 1 aliphatic rings. The third kappa shape index (κ3) is 4.58. The average molecular weight is 292 g/mol. The van der Waals surface area contributed by atoms with Gasteiger partial charge in [-0.2, -0.15) is 0 Å². The lowest BCUT2D eigenvalue weighted by Crippen LogP contribution is -2.48. The fraction of sp³-hybridized carbons (Fsp3) is 0.929. The third-order valence-corrected chi connectivity index (χ3v) is 3.77. The van der Waals surface area contributed by atoms with E-state index in [0.29, 0.717) is 19.5 Å². The lowest BCUT2D eigenvalue weighted by atomic mass is 9.77. The van der Waals surface area contributed by atoms with Crippen LogP contribution >= 0.6 is 0 Å². The monoisotopic (exact) mass is 292 g/mol. The van der Waals surface area contributed by atoms with Crippen molar-refractivity contribution < 1.29 is 18.3 Å². The fourth-order valence-corrected chi connectivity index (χ4v) is 2.76. The minimum Gasteiger partial charge on any atom is -0.444 e. The molecule has 0 saturated carbocycles. The normalized spacial score (nSPS) is 25.7. The lowest BCUT2D eigenvalue weighted by molar-refractivity contribution is -0.0147. The Morgan fingerprint density at radius 3 is 2.45 bits per heavy atom. The third-order valence-electron chi connectivity index (χ3n) is 3.77. The summed E-state index contributed by atoms with van der Waals surface area (Å²) in [5, 5.41) is 0. The average Bonchev–Trinajstić information content (AvgIpc) is 2.29. The Bertz CT molecular complexity index is 332. The molecule has 0 aromatic heterocycles. The van der Waals surface area contributed by atoms with E-state index in [1.807, 2.05) is 27.7 Å².